The first kappa shape index (κ1) is 12.2. The second-order valence-electron chi connectivity index (χ2n) is 3.76. The molecule has 0 bridgehead atoms. The summed E-state index contributed by atoms with van der Waals surface area (Å²) >= 11 is 3.44. The fourth-order valence-electron chi connectivity index (χ4n) is 1.66. The zero-order valence-corrected chi connectivity index (χ0v) is 11.2. The summed E-state index contributed by atoms with van der Waals surface area (Å²) < 4.78 is 11.4. The molecule has 4 heteroatoms. The van der Waals surface area contributed by atoms with Crippen LogP contribution in [0.15, 0.2) is 39.4 Å². The van der Waals surface area contributed by atoms with Crippen LogP contribution in [0.2, 0.25) is 0 Å². The maximum absolute atomic E-state index is 10.2. The topological polar surface area (TPSA) is 42.6 Å². The first-order valence-electron chi connectivity index (χ1n) is 5.19. The molecule has 0 saturated carbocycles. The summed E-state index contributed by atoms with van der Waals surface area (Å²) in [5.74, 6) is 1.15. The van der Waals surface area contributed by atoms with E-state index in [0.29, 0.717) is 17.1 Å². The van der Waals surface area contributed by atoms with Gasteiger partial charge in [0, 0.05) is 10.0 Å². The van der Waals surface area contributed by atoms with Crippen molar-refractivity contribution in [3.8, 4) is 5.75 Å². The summed E-state index contributed by atoms with van der Waals surface area (Å²) in [6.07, 6.45) is 0.714. The summed E-state index contributed by atoms with van der Waals surface area (Å²) in [4.78, 5) is 0. The average molecular weight is 297 g/mol. The summed E-state index contributed by atoms with van der Waals surface area (Å²) in [6.45, 7) is 1.97. The van der Waals surface area contributed by atoms with Crippen LogP contribution in [0.4, 0.5) is 0 Å². The van der Waals surface area contributed by atoms with E-state index in [9.17, 15) is 5.11 Å². The SMILES string of the molecule is COc1cc(C)c(Br)cc1C(O)c1ccco1. The lowest BCUT2D eigenvalue weighted by Gasteiger charge is -2.14. The predicted molar refractivity (Wildman–Crippen MR) is 68.2 cm³/mol. The molecule has 0 fully saturated rings. The maximum Gasteiger partial charge on any atom is 0.140 e. The number of furan rings is 1. The van der Waals surface area contributed by atoms with Crippen LogP contribution in [0, 0.1) is 6.92 Å². The molecule has 1 N–H and O–H groups in total. The molecule has 17 heavy (non-hydrogen) atoms. The molecule has 0 aliphatic rings. The number of methoxy groups -OCH3 is 1. The van der Waals surface area contributed by atoms with Gasteiger partial charge in [-0.25, -0.2) is 0 Å². The van der Waals surface area contributed by atoms with Crippen LogP contribution < -0.4 is 4.74 Å². The molecule has 1 heterocycles. The Morgan fingerprint density at radius 1 is 1.41 bits per heavy atom. The summed E-state index contributed by atoms with van der Waals surface area (Å²) in [5.41, 5.74) is 1.73. The van der Waals surface area contributed by atoms with Gasteiger partial charge in [-0.15, -0.1) is 0 Å². The number of benzene rings is 1. The van der Waals surface area contributed by atoms with E-state index in [1.807, 2.05) is 19.1 Å². The number of hydrogen-bond acceptors (Lipinski definition) is 3. The van der Waals surface area contributed by atoms with E-state index in [1.54, 1.807) is 19.2 Å². The van der Waals surface area contributed by atoms with Crippen molar-refractivity contribution in [1.29, 1.82) is 0 Å². The molecule has 0 aliphatic carbocycles. The highest BCUT2D eigenvalue weighted by molar-refractivity contribution is 9.10. The molecule has 0 aliphatic heterocycles. The third kappa shape index (κ3) is 2.37. The highest BCUT2D eigenvalue weighted by Gasteiger charge is 2.19. The van der Waals surface area contributed by atoms with Crippen molar-refractivity contribution < 1.29 is 14.3 Å². The van der Waals surface area contributed by atoms with E-state index in [-0.39, 0.29) is 0 Å². The van der Waals surface area contributed by atoms with Gasteiger partial charge in [-0.05, 0) is 36.8 Å². The van der Waals surface area contributed by atoms with Crippen molar-refractivity contribution in [3.63, 3.8) is 0 Å². The molecule has 2 rings (SSSR count). The van der Waals surface area contributed by atoms with Gasteiger partial charge in [0.25, 0.3) is 0 Å². The fourth-order valence-corrected chi connectivity index (χ4v) is 2.02. The number of hydrogen-bond donors (Lipinski definition) is 1. The largest absolute Gasteiger partial charge is 0.496 e. The van der Waals surface area contributed by atoms with E-state index < -0.39 is 6.10 Å². The van der Waals surface area contributed by atoms with Gasteiger partial charge >= 0.3 is 0 Å². The molecule has 2 aromatic rings. The van der Waals surface area contributed by atoms with E-state index in [4.69, 9.17) is 9.15 Å². The van der Waals surface area contributed by atoms with Gasteiger partial charge in [-0.2, -0.15) is 0 Å². The third-order valence-electron chi connectivity index (χ3n) is 2.62. The Bertz CT molecular complexity index is 506. The van der Waals surface area contributed by atoms with Crippen LogP contribution in [0.3, 0.4) is 0 Å². The fraction of sp³-hybridized carbons (Fsp3) is 0.231. The van der Waals surface area contributed by atoms with E-state index in [0.717, 1.165) is 10.0 Å². The van der Waals surface area contributed by atoms with E-state index in [2.05, 4.69) is 15.9 Å². The van der Waals surface area contributed by atoms with Crippen molar-refractivity contribution in [2.45, 2.75) is 13.0 Å². The van der Waals surface area contributed by atoms with Crippen LogP contribution in [0.5, 0.6) is 5.75 Å². The van der Waals surface area contributed by atoms with Crippen LogP contribution >= 0.6 is 15.9 Å². The minimum Gasteiger partial charge on any atom is -0.496 e. The van der Waals surface area contributed by atoms with Gasteiger partial charge in [-0.1, -0.05) is 15.9 Å². The molecule has 0 amide bonds. The lowest BCUT2D eigenvalue weighted by atomic mass is 10.0. The molecule has 0 saturated heterocycles. The Balaban J connectivity index is 2.47. The number of aliphatic hydroxyl groups is 1. The molecule has 0 spiro atoms. The normalized spacial score (nSPS) is 12.5. The Morgan fingerprint density at radius 2 is 2.18 bits per heavy atom. The van der Waals surface area contributed by atoms with Crippen molar-refractivity contribution >= 4 is 15.9 Å². The minimum atomic E-state index is -0.822. The van der Waals surface area contributed by atoms with Crippen molar-refractivity contribution in [2.75, 3.05) is 7.11 Å². The number of rotatable bonds is 3. The Kier molecular flexibility index (Phi) is 3.54. The second-order valence-corrected chi connectivity index (χ2v) is 4.62. The monoisotopic (exact) mass is 296 g/mol. The van der Waals surface area contributed by atoms with Crippen LogP contribution in [0.1, 0.15) is 23.0 Å². The summed E-state index contributed by atoms with van der Waals surface area (Å²) in [6, 6.07) is 7.21. The first-order chi connectivity index (χ1) is 8.13. The smallest absolute Gasteiger partial charge is 0.140 e. The van der Waals surface area contributed by atoms with Crippen LogP contribution in [0.25, 0.3) is 0 Å². The number of halogens is 1. The van der Waals surface area contributed by atoms with Crippen molar-refractivity contribution in [1.82, 2.24) is 0 Å². The lowest BCUT2D eigenvalue weighted by molar-refractivity contribution is 0.185. The molecule has 0 radical (unpaired) electrons. The van der Waals surface area contributed by atoms with Crippen LogP contribution in [-0.4, -0.2) is 12.2 Å². The second kappa shape index (κ2) is 4.94. The first-order valence-corrected chi connectivity index (χ1v) is 5.98. The van der Waals surface area contributed by atoms with Gasteiger partial charge in [0.1, 0.15) is 17.6 Å². The summed E-state index contributed by atoms with van der Waals surface area (Å²) in [7, 11) is 1.58. The quantitative estimate of drug-likeness (QED) is 0.943. The van der Waals surface area contributed by atoms with Crippen LogP contribution in [-0.2, 0) is 0 Å². The van der Waals surface area contributed by atoms with Gasteiger partial charge in [-0.3, -0.25) is 0 Å². The molecule has 1 aromatic heterocycles. The Hall–Kier alpha value is -1.26. The molecule has 1 aromatic carbocycles. The highest BCUT2D eigenvalue weighted by Crippen LogP contribution is 2.34. The van der Waals surface area contributed by atoms with Gasteiger partial charge < -0.3 is 14.3 Å². The maximum atomic E-state index is 10.2. The summed E-state index contributed by atoms with van der Waals surface area (Å²) in [5, 5.41) is 10.2. The molecular weight excluding hydrogens is 284 g/mol. The van der Waals surface area contributed by atoms with Gasteiger partial charge in [0.05, 0.1) is 13.4 Å². The minimum absolute atomic E-state index is 0.499. The van der Waals surface area contributed by atoms with Gasteiger partial charge in [0.2, 0.25) is 0 Å². The number of aryl methyl sites for hydroxylation is 1. The molecule has 90 valence electrons. The highest BCUT2D eigenvalue weighted by atomic mass is 79.9. The standard InChI is InChI=1S/C13H13BrO3/c1-8-6-12(16-2)9(7-10(8)14)13(15)11-4-3-5-17-11/h3-7,13,15H,1-2H3. The van der Waals surface area contributed by atoms with Gasteiger partial charge in [0.15, 0.2) is 0 Å². The zero-order chi connectivity index (χ0) is 12.4. The van der Waals surface area contributed by atoms with Crippen molar-refractivity contribution in [3.05, 3.63) is 51.9 Å². The molecule has 3 nitrogen and oxygen atoms in total. The average Bonchev–Trinajstić information content (AvgIpc) is 2.84. The molecule has 1 unspecified atom stereocenters. The number of ether oxygens (including phenoxy) is 1. The third-order valence-corrected chi connectivity index (χ3v) is 3.47. The predicted octanol–water partition coefficient (Wildman–Crippen LogP) is 3.44. The number of aliphatic hydroxyl groups excluding tert-OH is 1. The van der Waals surface area contributed by atoms with E-state index in [1.165, 1.54) is 6.26 Å². The lowest BCUT2D eigenvalue weighted by Crippen LogP contribution is -2.02. The Labute approximate surface area is 108 Å². The Morgan fingerprint density at radius 3 is 2.76 bits per heavy atom. The van der Waals surface area contributed by atoms with Crippen molar-refractivity contribution in [2.24, 2.45) is 0 Å². The zero-order valence-electron chi connectivity index (χ0n) is 9.61. The van der Waals surface area contributed by atoms with E-state index >= 15 is 0 Å². The molecule has 1 atom stereocenters. The molecular formula is C13H13BrO3.